The Bertz CT molecular complexity index is 457. The summed E-state index contributed by atoms with van der Waals surface area (Å²) < 4.78 is 10.9. The van der Waals surface area contributed by atoms with Gasteiger partial charge in [-0.1, -0.05) is 50.5 Å². The van der Waals surface area contributed by atoms with Gasteiger partial charge in [0, 0.05) is 6.61 Å². The third-order valence-corrected chi connectivity index (χ3v) is 3.23. The first-order valence-corrected chi connectivity index (χ1v) is 7.66. The lowest BCUT2D eigenvalue weighted by atomic mass is 10.1. The Morgan fingerprint density at radius 1 is 1.14 bits per heavy atom. The number of aliphatic hydroxyl groups excluding tert-OH is 1. The molecule has 3 nitrogen and oxygen atoms in total. The van der Waals surface area contributed by atoms with E-state index in [9.17, 15) is 0 Å². The maximum absolute atomic E-state index is 8.78. The van der Waals surface area contributed by atoms with Crippen molar-refractivity contribution >= 4 is 0 Å². The van der Waals surface area contributed by atoms with E-state index >= 15 is 0 Å². The molecule has 0 atom stereocenters. The van der Waals surface area contributed by atoms with E-state index in [-0.39, 0.29) is 6.61 Å². The third-order valence-electron chi connectivity index (χ3n) is 3.23. The van der Waals surface area contributed by atoms with Crippen LogP contribution in [0.2, 0.25) is 0 Å². The molecule has 0 radical (unpaired) electrons. The molecule has 21 heavy (non-hydrogen) atoms. The first-order valence-electron chi connectivity index (χ1n) is 7.66. The Labute approximate surface area is 128 Å². The first kappa shape index (κ1) is 17.6. The normalized spacial score (nSPS) is 10.0. The number of hydrogen-bond donors (Lipinski definition) is 1. The molecule has 1 aromatic rings. The summed E-state index contributed by atoms with van der Waals surface area (Å²) >= 11 is 0. The van der Waals surface area contributed by atoms with Crippen LogP contribution in [0.1, 0.15) is 50.2 Å². The molecule has 1 aromatic carbocycles. The minimum absolute atomic E-state index is 0.151. The fraction of sp³-hybridized carbons (Fsp3) is 0.556. The minimum atomic E-state index is -0.151. The molecule has 1 rings (SSSR count). The molecule has 0 aliphatic rings. The van der Waals surface area contributed by atoms with Crippen LogP contribution in [-0.4, -0.2) is 25.4 Å². The highest BCUT2D eigenvalue weighted by Crippen LogP contribution is 2.19. The fourth-order valence-corrected chi connectivity index (χ4v) is 2.08. The van der Waals surface area contributed by atoms with Crippen molar-refractivity contribution in [2.24, 2.45) is 0 Å². The molecule has 0 bridgehead atoms. The average Bonchev–Trinajstić information content (AvgIpc) is 2.52. The second-order valence-electron chi connectivity index (χ2n) is 4.96. The fourth-order valence-electron chi connectivity index (χ4n) is 2.08. The van der Waals surface area contributed by atoms with Crippen molar-refractivity contribution in [1.29, 1.82) is 0 Å². The summed E-state index contributed by atoms with van der Waals surface area (Å²) in [4.78, 5) is 0. The number of benzene rings is 1. The average molecular weight is 290 g/mol. The van der Waals surface area contributed by atoms with E-state index in [1.165, 1.54) is 25.7 Å². The second kappa shape index (κ2) is 11.2. The molecule has 0 saturated carbocycles. The van der Waals surface area contributed by atoms with Crippen LogP contribution in [0.3, 0.4) is 0 Å². The van der Waals surface area contributed by atoms with Gasteiger partial charge in [0.15, 0.2) is 0 Å². The van der Waals surface area contributed by atoms with Gasteiger partial charge < -0.3 is 14.6 Å². The Morgan fingerprint density at radius 3 is 2.67 bits per heavy atom. The van der Waals surface area contributed by atoms with Crippen LogP contribution >= 0.6 is 0 Å². The predicted octanol–water partition coefficient (Wildman–Crippen LogP) is 3.53. The molecule has 1 N–H and O–H groups in total. The minimum Gasteiger partial charge on any atom is -0.495 e. The van der Waals surface area contributed by atoms with Crippen LogP contribution in [0.4, 0.5) is 0 Å². The van der Waals surface area contributed by atoms with Crippen LogP contribution in [0.15, 0.2) is 18.2 Å². The van der Waals surface area contributed by atoms with Crippen molar-refractivity contribution < 1.29 is 14.6 Å². The molecule has 0 unspecified atom stereocenters. The molecular formula is C18H26O3. The van der Waals surface area contributed by atoms with Crippen molar-refractivity contribution in [3.05, 3.63) is 29.3 Å². The summed E-state index contributed by atoms with van der Waals surface area (Å²) in [6.45, 7) is 3.46. The zero-order chi connectivity index (χ0) is 15.3. The Hall–Kier alpha value is -1.50. The Kier molecular flexibility index (Phi) is 9.35. The molecular weight excluding hydrogens is 264 g/mol. The number of hydrogen-bond acceptors (Lipinski definition) is 3. The van der Waals surface area contributed by atoms with Gasteiger partial charge in [-0.25, -0.2) is 0 Å². The van der Waals surface area contributed by atoms with E-state index in [4.69, 9.17) is 14.6 Å². The summed E-state index contributed by atoms with van der Waals surface area (Å²) in [7, 11) is 1.62. The van der Waals surface area contributed by atoms with Crippen LogP contribution in [0.5, 0.6) is 5.75 Å². The van der Waals surface area contributed by atoms with Crippen molar-refractivity contribution in [1.82, 2.24) is 0 Å². The van der Waals surface area contributed by atoms with Gasteiger partial charge in [0.25, 0.3) is 0 Å². The first-order chi connectivity index (χ1) is 10.3. The van der Waals surface area contributed by atoms with E-state index in [0.29, 0.717) is 6.61 Å². The summed E-state index contributed by atoms with van der Waals surface area (Å²) in [5.74, 6) is 6.27. The van der Waals surface area contributed by atoms with Crippen molar-refractivity contribution in [2.45, 2.75) is 45.6 Å². The topological polar surface area (TPSA) is 38.7 Å². The van der Waals surface area contributed by atoms with Gasteiger partial charge in [-0.2, -0.15) is 0 Å². The SMILES string of the molecule is CCCCCCCOCc1ccc(OC)c(C#CCO)c1. The summed E-state index contributed by atoms with van der Waals surface area (Å²) in [5.41, 5.74) is 1.86. The van der Waals surface area contributed by atoms with Gasteiger partial charge in [0.1, 0.15) is 12.4 Å². The number of rotatable bonds is 9. The van der Waals surface area contributed by atoms with Crippen molar-refractivity contribution in [2.75, 3.05) is 20.3 Å². The van der Waals surface area contributed by atoms with Crippen LogP contribution in [0, 0.1) is 11.8 Å². The zero-order valence-corrected chi connectivity index (χ0v) is 13.2. The van der Waals surface area contributed by atoms with E-state index in [0.717, 1.165) is 29.9 Å². The van der Waals surface area contributed by atoms with E-state index in [1.807, 2.05) is 18.2 Å². The third kappa shape index (κ3) is 7.17. The quantitative estimate of drug-likeness (QED) is 0.558. The number of methoxy groups -OCH3 is 1. The van der Waals surface area contributed by atoms with Gasteiger partial charge in [-0.05, 0) is 24.1 Å². The molecule has 0 fully saturated rings. The van der Waals surface area contributed by atoms with E-state index < -0.39 is 0 Å². The highest BCUT2D eigenvalue weighted by Gasteiger charge is 2.02. The monoisotopic (exact) mass is 290 g/mol. The Morgan fingerprint density at radius 2 is 1.95 bits per heavy atom. The number of ether oxygens (including phenoxy) is 2. The largest absolute Gasteiger partial charge is 0.495 e. The standard InChI is InChI=1S/C18H26O3/c1-3-4-5-6-7-13-21-15-16-10-11-18(20-2)17(14-16)9-8-12-19/h10-11,14,19H,3-7,12-13,15H2,1-2H3. The summed E-state index contributed by atoms with van der Waals surface area (Å²) in [6.07, 6.45) is 6.23. The molecule has 0 aliphatic heterocycles. The lowest BCUT2D eigenvalue weighted by Gasteiger charge is -2.08. The maximum atomic E-state index is 8.78. The number of aliphatic hydroxyl groups is 1. The van der Waals surface area contributed by atoms with Crippen LogP contribution in [-0.2, 0) is 11.3 Å². The number of unbranched alkanes of at least 4 members (excludes halogenated alkanes) is 4. The van der Waals surface area contributed by atoms with Gasteiger partial charge >= 0.3 is 0 Å². The molecule has 0 aliphatic carbocycles. The lowest BCUT2D eigenvalue weighted by molar-refractivity contribution is 0.116. The predicted molar refractivity (Wildman–Crippen MR) is 85.4 cm³/mol. The smallest absolute Gasteiger partial charge is 0.134 e. The van der Waals surface area contributed by atoms with Crippen LogP contribution < -0.4 is 4.74 Å². The molecule has 0 spiro atoms. The van der Waals surface area contributed by atoms with Gasteiger partial charge in [-0.15, -0.1) is 0 Å². The molecule has 116 valence electrons. The van der Waals surface area contributed by atoms with Gasteiger partial charge in [0.05, 0.1) is 19.3 Å². The molecule has 0 saturated heterocycles. The zero-order valence-electron chi connectivity index (χ0n) is 13.2. The second-order valence-corrected chi connectivity index (χ2v) is 4.96. The lowest BCUT2D eigenvalue weighted by Crippen LogP contribution is -1.97. The van der Waals surface area contributed by atoms with Gasteiger partial charge in [-0.3, -0.25) is 0 Å². The van der Waals surface area contributed by atoms with Crippen molar-refractivity contribution in [3.63, 3.8) is 0 Å². The van der Waals surface area contributed by atoms with E-state index in [2.05, 4.69) is 18.8 Å². The summed E-state index contributed by atoms with van der Waals surface area (Å²) in [6, 6.07) is 5.83. The maximum Gasteiger partial charge on any atom is 0.134 e. The highest BCUT2D eigenvalue weighted by atomic mass is 16.5. The van der Waals surface area contributed by atoms with E-state index in [1.54, 1.807) is 7.11 Å². The van der Waals surface area contributed by atoms with Crippen LogP contribution in [0.25, 0.3) is 0 Å². The Balaban J connectivity index is 2.41. The van der Waals surface area contributed by atoms with Crippen molar-refractivity contribution in [3.8, 4) is 17.6 Å². The molecule has 0 amide bonds. The van der Waals surface area contributed by atoms with Gasteiger partial charge in [0.2, 0.25) is 0 Å². The molecule has 0 aromatic heterocycles. The highest BCUT2D eigenvalue weighted by molar-refractivity contribution is 5.48. The summed E-state index contributed by atoms with van der Waals surface area (Å²) in [5, 5.41) is 8.78. The molecule has 0 heterocycles. The molecule has 3 heteroatoms.